The molecule has 0 aliphatic rings. The Hall–Kier alpha value is -3.12. The molecule has 0 spiro atoms. The van der Waals surface area contributed by atoms with Crippen molar-refractivity contribution in [3.63, 3.8) is 0 Å². The lowest BCUT2D eigenvalue weighted by atomic mass is 10.1. The second kappa shape index (κ2) is 10.6. The zero-order valence-corrected chi connectivity index (χ0v) is 17.9. The predicted octanol–water partition coefficient (Wildman–Crippen LogP) is 4.61. The average Bonchev–Trinajstić information content (AvgIpc) is 3.29. The summed E-state index contributed by atoms with van der Waals surface area (Å²) in [6.07, 6.45) is 1.50. The van der Waals surface area contributed by atoms with E-state index in [0.717, 1.165) is 24.0 Å². The van der Waals surface area contributed by atoms with Crippen molar-refractivity contribution in [1.29, 1.82) is 0 Å². The van der Waals surface area contributed by atoms with Crippen LogP contribution in [0.1, 0.15) is 27.7 Å². The number of hydrogen-bond donors (Lipinski definition) is 0. The molecule has 1 amide bonds. The number of ether oxygens (including phenoxy) is 2. The third kappa shape index (κ3) is 5.70. The summed E-state index contributed by atoms with van der Waals surface area (Å²) in [6.45, 7) is 2.38. The van der Waals surface area contributed by atoms with E-state index >= 15 is 0 Å². The Morgan fingerprint density at radius 1 is 1.10 bits per heavy atom. The molecule has 1 heterocycles. The zero-order chi connectivity index (χ0) is 21.3. The maximum absolute atomic E-state index is 13.1. The van der Waals surface area contributed by atoms with Crippen molar-refractivity contribution in [2.45, 2.75) is 25.9 Å². The van der Waals surface area contributed by atoms with Crippen LogP contribution in [-0.2, 0) is 17.8 Å². The van der Waals surface area contributed by atoms with E-state index in [1.165, 1.54) is 4.88 Å². The average molecular weight is 424 g/mol. The monoisotopic (exact) mass is 423 g/mol. The molecule has 156 valence electrons. The van der Waals surface area contributed by atoms with Gasteiger partial charge in [0, 0.05) is 23.9 Å². The van der Waals surface area contributed by atoms with Crippen LogP contribution < -0.4 is 9.47 Å². The Bertz CT molecular complexity index is 954. The molecule has 0 saturated carbocycles. The van der Waals surface area contributed by atoms with Crippen LogP contribution in [-0.4, -0.2) is 36.9 Å². The third-order valence-corrected chi connectivity index (χ3v) is 5.74. The lowest BCUT2D eigenvalue weighted by Gasteiger charge is -2.29. The lowest BCUT2D eigenvalue weighted by Crippen LogP contribution is -2.41. The normalized spacial score (nSPS) is 11.5. The van der Waals surface area contributed by atoms with Crippen LogP contribution in [0.2, 0.25) is 0 Å². The molecule has 5 nitrogen and oxygen atoms in total. The van der Waals surface area contributed by atoms with Gasteiger partial charge in [0.05, 0.1) is 12.7 Å². The summed E-state index contributed by atoms with van der Waals surface area (Å²) in [7, 11) is 1.63. The third-order valence-electron chi connectivity index (χ3n) is 4.84. The second-order valence-corrected chi connectivity index (χ2v) is 7.98. The van der Waals surface area contributed by atoms with E-state index in [2.05, 4.69) is 6.07 Å². The van der Waals surface area contributed by atoms with Crippen molar-refractivity contribution in [2.75, 3.05) is 13.7 Å². The van der Waals surface area contributed by atoms with Crippen LogP contribution in [0, 0.1) is 0 Å². The van der Waals surface area contributed by atoms with Gasteiger partial charge >= 0.3 is 0 Å². The molecule has 0 fully saturated rings. The van der Waals surface area contributed by atoms with Crippen LogP contribution in [0.5, 0.6) is 11.5 Å². The van der Waals surface area contributed by atoms with Gasteiger partial charge in [-0.2, -0.15) is 0 Å². The number of aldehydes is 1. The van der Waals surface area contributed by atoms with Crippen molar-refractivity contribution in [2.24, 2.45) is 0 Å². The zero-order valence-electron chi connectivity index (χ0n) is 17.1. The summed E-state index contributed by atoms with van der Waals surface area (Å²) in [5.74, 6) is 1.06. The number of nitrogens with zero attached hydrogens (tertiary/aromatic N) is 1. The predicted molar refractivity (Wildman–Crippen MR) is 118 cm³/mol. The molecule has 1 aromatic heterocycles. The van der Waals surface area contributed by atoms with E-state index in [1.807, 2.05) is 47.5 Å². The van der Waals surface area contributed by atoms with Crippen molar-refractivity contribution in [3.8, 4) is 11.5 Å². The van der Waals surface area contributed by atoms with E-state index in [1.54, 1.807) is 42.7 Å². The minimum Gasteiger partial charge on any atom is -0.497 e. The Kier molecular flexibility index (Phi) is 7.63. The first-order valence-electron chi connectivity index (χ1n) is 9.72. The summed E-state index contributed by atoms with van der Waals surface area (Å²) in [5, 5.41) is 2.04. The summed E-state index contributed by atoms with van der Waals surface area (Å²) < 4.78 is 10.9. The number of methoxy groups -OCH3 is 1. The highest BCUT2D eigenvalue weighted by molar-refractivity contribution is 7.09. The fraction of sp³-hybridized carbons (Fsp3) is 0.250. The fourth-order valence-electron chi connectivity index (χ4n) is 3.18. The maximum atomic E-state index is 13.1. The first-order chi connectivity index (χ1) is 14.6. The van der Waals surface area contributed by atoms with Gasteiger partial charge in [-0.1, -0.05) is 30.3 Å². The van der Waals surface area contributed by atoms with Gasteiger partial charge in [-0.05, 0) is 48.2 Å². The first kappa shape index (κ1) is 21.6. The van der Waals surface area contributed by atoms with Gasteiger partial charge in [0.2, 0.25) is 0 Å². The van der Waals surface area contributed by atoms with E-state index in [0.29, 0.717) is 17.9 Å². The topological polar surface area (TPSA) is 55.8 Å². The Morgan fingerprint density at radius 2 is 1.87 bits per heavy atom. The molecule has 0 bridgehead atoms. The van der Waals surface area contributed by atoms with Crippen LogP contribution in [0.15, 0.2) is 66.0 Å². The van der Waals surface area contributed by atoms with Gasteiger partial charge < -0.3 is 14.4 Å². The molecule has 30 heavy (non-hydrogen) atoms. The molecule has 0 unspecified atom stereocenters. The molecular weight excluding hydrogens is 398 g/mol. The number of para-hydroxylation sites is 1. The van der Waals surface area contributed by atoms with E-state index < -0.39 is 0 Å². The molecule has 0 aliphatic heterocycles. The molecule has 3 aromatic rings. The molecule has 0 N–H and O–H groups in total. The summed E-state index contributed by atoms with van der Waals surface area (Å²) >= 11 is 1.68. The van der Waals surface area contributed by atoms with Gasteiger partial charge in [0.25, 0.3) is 5.91 Å². The molecule has 3 rings (SSSR count). The SMILES string of the molecule is COc1ccc(CN(C(=O)COc2ccccc2C=O)[C@H](C)Cc2cccs2)cc1. The van der Waals surface area contributed by atoms with Crippen molar-refractivity contribution >= 4 is 23.5 Å². The number of carbonyl (C=O) groups excluding carboxylic acids is 2. The molecular formula is C24H25NO4S. The second-order valence-electron chi connectivity index (χ2n) is 6.95. The number of rotatable bonds is 10. The highest BCUT2D eigenvalue weighted by atomic mass is 32.1. The minimum absolute atomic E-state index is 0.0110. The molecule has 1 atom stereocenters. The van der Waals surface area contributed by atoms with Gasteiger partial charge in [-0.25, -0.2) is 0 Å². The number of benzene rings is 2. The lowest BCUT2D eigenvalue weighted by molar-refractivity contribution is -0.136. The quantitative estimate of drug-likeness (QED) is 0.447. The van der Waals surface area contributed by atoms with E-state index in [-0.39, 0.29) is 18.6 Å². The number of thiophene rings is 1. The Morgan fingerprint density at radius 3 is 2.53 bits per heavy atom. The fourth-order valence-corrected chi connectivity index (χ4v) is 4.01. The molecule has 2 aromatic carbocycles. The van der Waals surface area contributed by atoms with Gasteiger partial charge in [-0.15, -0.1) is 11.3 Å². The van der Waals surface area contributed by atoms with Crippen LogP contribution in [0.4, 0.5) is 0 Å². The maximum Gasteiger partial charge on any atom is 0.261 e. The Labute approximate surface area is 180 Å². The van der Waals surface area contributed by atoms with Crippen LogP contribution in [0.3, 0.4) is 0 Å². The van der Waals surface area contributed by atoms with Crippen LogP contribution >= 0.6 is 11.3 Å². The first-order valence-corrected chi connectivity index (χ1v) is 10.6. The van der Waals surface area contributed by atoms with Gasteiger partial charge in [-0.3, -0.25) is 9.59 Å². The van der Waals surface area contributed by atoms with Crippen molar-refractivity contribution < 1.29 is 19.1 Å². The van der Waals surface area contributed by atoms with Gasteiger partial charge in [0.15, 0.2) is 12.9 Å². The molecule has 0 aliphatic carbocycles. The van der Waals surface area contributed by atoms with Crippen molar-refractivity contribution in [1.82, 2.24) is 4.90 Å². The number of carbonyl (C=O) groups is 2. The van der Waals surface area contributed by atoms with Crippen LogP contribution in [0.25, 0.3) is 0 Å². The molecule has 6 heteroatoms. The van der Waals surface area contributed by atoms with E-state index in [4.69, 9.17) is 9.47 Å². The highest BCUT2D eigenvalue weighted by Crippen LogP contribution is 2.20. The van der Waals surface area contributed by atoms with Gasteiger partial charge in [0.1, 0.15) is 11.5 Å². The van der Waals surface area contributed by atoms with E-state index in [9.17, 15) is 9.59 Å². The minimum atomic E-state index is -0.129. The summed E-state index contributed by atoms with van der Waals surface area (Å²) in [5.41, 5.74) is 1.44. The van der Waals surface area contributed by atoms with Crippen molar-refractivity contribution in [3.05, 3.63) is 82.0 Å². The summed E-state index contributed by atoms with van der Waals surface area (Å²) in [4.78, 5) is 27.4. The standard InChI is InChI=1S/C24H25NO4S/c1-18(14-22-7-5-13-30-22)25(15-19-9-11-21(28-2)12-10-19)24(27)17-29-23-8-4-3-6-20(23)16-26/h3-13,16,18H,14-15,17H2,1-2H3/t18-/m1/s1. The Balaban J connectivity index is 1.74. The molecule has 0 saturated heterocycles. The summed E-state index contributed by atoms with van der Waals surface area (Å²) in [6, 6.07) is 18.7. The number of amides is 1. The smallest absolute Gasteiger partial charge is 0.261 e. The largest absolute Gasteiger partial charge is 0.497 e. The highest BCUT2D eigenvalue weighted by Gasteiger charge is 2.22. The number of hydrogen-bond acceptors (Lipinski definition) is 5. The molecule has 0 radical (unpaired) electrons.